The van der Waals surface area contributed by atoms with E-state index in [1.807, 2.05) is 61.5 Å². The largest absolute Gasteiger partial charge is 0.508 e. The summed E-state index contributed by atoms with van der Waals surface area (Å²) in [4.78, 5) is 4.70. The number of aromatic nitrogens is 1. The minimum absolute atomic E-state index is 0.262. The minimum Gasteiger partial charge on any atom is -0.508 e. The Morgan fingerprint density at radius 2 is 1.55 bits per heavy atom. The van der Waals surface area contributed by atoms with Crippen LogP contribution in [0.3, 0.4) is 0 Å². The van der Waals surface area contributed by atoms with Crippen LogP contribution >= 0.6 is 0 Å². The van der Waals surface area contributed by atoms with E-state index in [-0.39, 0.29) is 5.75 Å². The molecule has 0 bridgehead atoms. The molecule has 3 rings (SSSR count). The Hall–Kier alpha value is -2.61. The summed E-state index contributed by atoms with van der Waals surface area (Å²) in [6.07, 6.45) is 0. The summed E-state index contributed by atoms with van der Waals surface area (Å²) in [5.41, 5.74) is 4.96. The van der Waals surface area contributed by atoms with Gasteiger partial charge in [0, 0.05) is 11.1 Å². The monoisotopic (exact) mass is 261 g/mol. The van der Waals surface area contributed by atoms with E-state index in [4.69, 9.17) is 4.98 Å². The Morgan fingerprint density at radius 1 is 0.800 bits per heavy atom. The van der Waals surface area contributed by atoms with E-state index >= 15 is 0 Å². The number of pyridine rings is 1. The number of benzene rings is 2. The van der Waals surface area contributed by atoms with E-state index in [2.05, 4.69) is 0 Å². The first-order chi connectivity index (χ1) is 9.74. The Bertz CT molecular complexity index is 735. The lowest BCUT2D eigenvalue weighted by Crippen LogP contribution is -1.89. The van der Waals surface area contributed by atoms with Gasteiger partial charge in [0.05, 0.1) is 11.4 Å². The van der Waals surface area contributed by atoms with Crippen LogP contribution in [0.4, 0.5) is 0 Å². The zero-order valence-electron chi connectivity index (χ0n) is 11.2. The van der Waals surface area contributed by atoms with E-state index in [1.54, 1.807) is 12.1 Å². The van der Waals surface area contributed by atoms with E-state index in [1.165, 1.54) is 0 Å². The van der Waals surface area contributed by atoms with Crippen LogP contribution in [0, 0.1) is 6.92 Å². The quantitative estimate of drug-likeness (QED) is 0.740. The molecule has 0 spiro atoms. The predicted molar refractivity (Wildman–Crippen MR) is 81.5 cm³/mol. The van der Waals surface area contributed by atoms with Crippen LogP contribution < -0.4 is 0 Å². The van der Waals surface area contributed by atoms with Crippen LogP contribution in [-0.2, 0) is 0 Å². The third kappa shape index (κ3) is 2.41. The van der Waals surface area contributed by atoms with Crippen molar-refractivity contribution in [2.75, 3.05) is 0 Å². The average Bonchev–Trinajstić information content (AvgIpc) is 2.51. The lowest BCUT2D eigenvalue weighted by atomic mass is 10.0. The molecule has 0 aliphatic carbocycles. The molecule has 98 valence electrons. The summed E-state index contributed by atoms with van der Waals surface area (Å²) in [7, 11) is 0. The van der Waals surface area contributed by atoms with Crippen molar-refractivity contribution >= 4 is 0 Å². The molecule has 1 N–H and O–H groups in total. The summed E-state index contributed by atoms with van der Waals surface area (Å²) < 4.78 is 0. The molecule has 3 aromatic rings. The van der Waals surface area contributed by atoms with Gasteiger partial charge in [-0.25, -0.2) is 4.98 Å². The maximum absolute atomic E-state index is 9.66. The van der Waals surface area contributed by atoms with Crippen molar-refractivity contribution in [1.82, 2.24) is 4.98 Å². The second-order valence-electron chi connectivity index (χ2n) is 4.77. The third-order valence-corrected chi connectivity index (χ3v) is 3.32. The van der Waals surface area contributed by atoms with Gasteiger partial charge in [0.1, 0.15) is 5.75 Å². The number of phenols is 1. The molecule has 0 saturated heterocycles. The highest BCUT2D eigenvalue weighted by Gasteiger charge is 2.06. The van der Waals surface area contributed by atoms with Gasteiger partial charge >= 0.3 is 0 Å². The molecular formula is C18H15NO. The number of phenolic OH excluding ortho intramolecular Hbond substituents is 1. The summed E-state index contributed by atoms with van der Waals surface area (Å²) in [6.45, 7) is 2.02. The highest BCUT2D eigenvalue weighted by Crippen LogP contribution is 2.27. The highest BCUT2D eigenvalue weighted by molar-refractivity contribution is 5.69. The molecule has 0 fully saturated rings. The number of aryl methyl sites for hydroxylation is 1. The average molecular weight is 261 g/mol. The number of nitrogens with zero attached hydrogens (tertiary/aromatic N) is 1. The summed E-state index contributed by atoms with van der Waals surface area (Å²) in [5, 5.41) is 9.66. The molecule has 0 aliphatic heterocycles. The molecule has 20 heavy (non-hydrogen) atoms. The first-order valence-electron chi connectivity index (χ1n) is 6.56. The van der Waals surface area contributed by atoms with Crippen LogP contribution in [-0.4, -0.2) is 10.1 Å². The summed E-state index contributed by atoms with van der Waals surface area (Å²) >= 11 is 0. The highest BCUT2D eigenvalue weighted by atomic mass is 16.3. The molecule has 0 saturated carbocycles. The van der Waals surface area contributed by atoms with Crippen LogP contribution in [0.15, 0.2) is 66.7 Å². The maximum Gasteiger partial charge on any atom is 0.116 e. The molecule has 2 heteroatoms. The molecule has 0 amide bonds. The van der Waals surface area contributed by atoms with Gasteiger partial charge in [0.25, 0.3) is 0 Å². The third-order valence-electron chi connectivity index (χ3n) is 3.32. The van der Waals surface area contributed by atoms with Crippen molar-refractivity contribution in [3.05, 3.63) is 72.3 Å². The van der Waals surface area contributed by atoms with Crippen molar-refractivity contribution in [1.29, 1.82) is 0 Å². The van der Waals surface area contributed by atoms with Crippen molar-refractivity contribution in [3.8, 4) is 28.3 Å². The van der Waals surface area contributed by atoms with Gasteiger partial charge in [-0.2, -0.15) is 0 Å². The van der Waals surface area contributed by atoms with Crippen molar-refractivity contribution in [2.24, 2.45) is 0 Å². The number of hydrogen-bond acceptors (Lipinski definition) is 2. The summed E-state index contributed by atoms with van der Waals surface area (Å²) in [6, 6.07) is 21.4. The summed E-state index contributed by atoms with van der Waals surface area (Å²) in [5.74, 6) is 0.262. The van der Waals surface area contributed by atoms with E-state index in [0.29, 0.717) is 0 Å². The Morgan fingerprint density at radius 3 is 2.35 bits per heavy atom. The Labute approximate surface area is 118 Å². The topological polar surface area (TPSA) is 33.1 Å². The van der Waals surface area contributed by atoms with E-state index < -0.39 is 0 Å². The van der Waals surface area contributed by atoms with E-state index in [9.17, 15) is 5.11 Å². The number of rotatable bonds is 2. The molecule has 1 heterocycles. The lowest BCUT2D eigenvalue weighted by Gasteiger charge is -2.08. The fraction of sp³-hybridized carbons (Fsp3) is 0.0556. The second kappa shape index (κ2) is 5.17. The van der Waals surface area contributed by atoms with Gasteiger partial charge in [0.2, 0.25) is 0 Å². The van der Waals surface area contributed by atoms with Gasteiger partial charge in [-0.05, 0) is 36.8 Å². The molecule has 2 nitrogen and oxygen atoms in total. The fourth-order valence-electron chi connectivity index (χ4n) is 2.24. The van der Waals surface area contributed by atoms with Crippen molar-refractivity contribution < 1.29 is 5.11 Å². The first kappa shape index (κ1) is 12.4. The van der Waals surface area contributed by atoms with Gasteiger partial charge in [-0.1, -0.05) is 42.5 Å². The van der Waals surface area contributed by atoms with E-state index in [0.717, 1.165) is 28.1 Å². The maximum atomic E-state index is 9.66. The predicted octanol–water partition coefficient (Wildman–Crippen LogP) is 4.43. The van der Waals surface area contributed by atoms with Crippen LogP contribution in [0.25, 0.3) is 22.5 Å². The number of hydrogen-bond donors (Lipinski definition) is 1. The van der Waals surface area contributed by atoms with Gasteiger partial charge in [0.15, 0.2) is 0 Å². The molecule has 1 aromatic heterocycles. The minimum atomic E-state index is 0.262. The van der Waals surface area contributed by atoms with Gasteiger partial charge < -0.3 is 5.11 Å². The van der Waals surface area contributed by atoms with Crippen molar-refractivity contribution in [2.45, 2.75) is 6.92 Å². The molecular weight excluding hydrogens is 246 g/mol. The normalized spacial score (nSPS) is 10.4. The first-order valence-corrected chi connectivity index (χ1v) is 6.56. The molecule has 0 aliphatic rings. The Balaban J connectivity index is 2.10. The Kier molecular flexibility index (Phi) is 3.21. The van der Waals surface area contributed by atoms with Crippen molar-refractivity contribution in [3.63, 3.8) is 0 Å². The van der Waals surface area contributed by atoms with Gasteiger partial charge in [-0.3, -0.25) is 0 Å². The zero-order valence-corrected chi connectivity index (χ0v) is 11.2. The molecule has 0 radical (unpaired) electrons. The SMILES string of the molecule is Cc1ccc(O)cc1-c1cccc(-c2ccccc2)n1. The van der Waals surface area contributed by atoms with Crippen LogP contribution in [0.5, 0.6) is 5.75 Å². The zero-order chi connectivity index (χ0) is 13.9. The lowest BCUT2D eigenvalue weighted by molar-refractivity contribution is 0.475. The molecule has 0 atom stereocenters. The standard InChI is InChI=1S/C18H15NO/c1-13-10-11-15(20)12-16(13)18-9-5-8-17(19-18)14-6-3-2-4-7-14/h2-12,20H,1H3. The second-order valence-corrected chi connectivity index (χ2v) is 4.77. The van der Waals surface area contributed by atoms with Crippen LogP contribution in [0.1, 0.15) is 5.56 Å². The number of aromatic hydroxyl groups is 1. The molecule has 0 unspecified atom stereocenters. The van der Waals surface area contributed by atoms with Crippen LogP contribution in [0.2, 0.25) is 0 Å². The van der Waals surface area contributed by atoms with Gasteiger partial charge in [-0.15, -0.1) is 0 Å². The molecule has 2 aromatic carbocycles. The fourth-order valence-corrected chi connectivity index (χ4v) is 2.24. The smallest absolute Gasteiger partial charge is 0.116 e.